The molecule has 0 aliphatic carbocycles. The quantitative estimate of drug-likeness (QED) is 0.805. The first-order chi connectivity index (χ1) is 8.51. The van der Waals surface area contributed by atoms with Gasteiger partial charge < -0.3 is 9.84 Å². The van der Waals surface area contributed by atoms with Gasteiger partial charge in [-0.1, -0.05) is 20.3 Å². The highest BCUT2D eigenvalue weighted by molar-refractivity contribution is 7.13. The van der Waals surface area contributed by atoms with Gasteiger partial charge in [-0.05, 0) is 19.3 Å². The molecule has 0 radical (unpaired) electrons. The molecule has 1 unspecified atom stereocenters. The number of aromatic nitrogens is 1. The predicted molar refractivity (Wildman–Crippen MR) is 68.4 cm³/mol. The van der Waals surface area contributed by atoms with E-state index < -0.39 is 11.9 Å². The van der Waals surface area contributed by atoms with E-state index in [1.54, 1.807) is 6.92 Å². The Morgan fingerprint density at radius 2 is 2.11 bits per heavy atom. The molecule has 6 heteroatoms. The zero-order valence-corrected chi connectivity index (χ0v) is 11.5. The summed E-state index contributed by atoms with van der Waals surface area (Å²) in [6, 6.07) is 0. The van der Waals surface area contributed by atoms with Gasteiger partial charge in [0.1, 0.15) is 0 Å². The van der Waals surface area contributed by atoms with Crippen molar-refractivity contribution in [3.63, 3.8) is 0 Å². The summed E-state index contributed by atoms with van der Waals surface area (Å²) in [5, 5.41) is 9.22. The lowest BCUT2D eigenvalue weighted by atomic mass is 10.0. The lowest BCUT2D eigenvalue weighted by molar-refractivity contribution is 0.0526. The number of rotatable bonds is 6. The van der Waals surface area contributed by atoms with Crippen molar-refractivity contribution in [3.05, 3.63) is 15.6 Å². The SMILES string of the molecule is CCCC(C)c1sc(C(=O)OCC)nc1C(=O)O. The van der Waals surface area contributed by atoms with Crippen molar-refractivity contribution < 1.29 is 19.4 Å². The second-order valence-corrected chi connectivity index (χ2v) is 4.98. The minimum absolute atomic E-state index is 0.0241. The third-order valence-corrected chi connectivity index (χ3v) is 3.74. The van der Waals surface area contributed by atoms with Crippen LogP contribution in [0.5, 0.6) is 0 Å². The first-order valence-electron chi connectivity index (χ1n) is 5.92. The lowest BCUT2D eigenvalue weighted by Crippen LogP contribution is -2.06. The molecule has 100 valence electrons. The molecule has 0 amide bonds. The average molecular weight is 271 g/mol. The van der Waals surface area contributed by atoms with E-state index in [4.69, 9.17) is 9.84 Å². The topological polar surface area (TPSA) is 76.5 Å². The summed E-state index contributed by atoms with van der Waals surface area (Å²) >= 11 is 1.12. The van der Waals surface area contributed by atoms with Crippen LogP contribution in [0, 0.1) is 0 Å². The van der Waals surface area contributed by atoms with Crippen molar-refractivity contribution in [1.82, 2.24) is 4.98 Å². The van der Waals surface area contributed by atoms with Crippen molar-refractivity contribution in [2.24, 2.45) is 0 Å². The molecule has 1 atom stereocenters. The standard InChI is InChI=1S/C12H17NO4S/c1-4-6-7(3)9-8(11(14)15)13-10(18-9)12(16)17-5-2/h7H,4-6H2,1-3H3,(H,14,15). The number of carboxylic acid groups (broad SMARTS) is 1. The van der Waals surface area contributed by atoms with Gasteiger partial charge in [0, 0.05) is 4.88 Å². The highest BCUT2D eigenvalue weighted by atomic mass is 32.1. The van der Waals surface area contributed by atoms with E-state index in [0.29, 0.717) is 4.88 Å². The second-order valence-electron chi connectivity index (χ2n) is 3.95. The third-order valence-electron chi connectivity index (χ3n) is 2.48. The first kappa shape index (κ1) is 14.6. The molecule has 5 nitrogen and oxygen atoms in total. The molecule has 0 bridgehead atoms. The molecule has 1 aromatic rings. The molecule has 0 fully saturated rings. The Labute approximate surface area is 110 Å². The fourth-order valence-electron chi connectivity index (χ4n) is 1.66. The van der Waals surface area contributed by atoms with Crippen LogP contribution in [0.2, 0.25) is 0 Å². The van der Waals surface area contributed by atoms with Gasteiger partial charge in [0.25, 0.3) is 0 Å². The highest BCUT2D eigenvalue weighted by Crippen LogP contribution is 2.30. The van der Waals surface area contributed by atoms with Crippen molar-refractivity contribution in [2.45, 2.75) is 39.5 Å². The summed E-state index contributed by atoms with van der Waals surface area (Å²) in [5.41, 5.74) is -0.0241. The summed E-state index contributed by atoms with van der Waals surface area (Å²) in [6.07, 6.45) is 1.82. The maximum absolute atomic E-state index is 11.5. The molecule has 1 N–H and O–H groups in total. The van der Waals surface area contributed by atoms with E-state index in [1.807, 2.05) is 13.8 Å². The maximum Gasteiger partial charge on any atom is 0.367 e. The van der Waals surface area contributed by atoms with E-state index in [0.717, 1.165) is 24.2 Å². The Balaban J connectivity index is 3.08. The number of nitrogens with zero attached hydrogens (tertiary/aromatic N) is 1. The number of hydrogen-bond donors (Lipinski definition) is 1. The summed E-state index contributed by atoms with van der Waals surface area (Å²) < 4.78 is 4.83. The van der Waals surface area contributed by atoms with E-state index in [-0.39, 0.29) is 23.2 Å². The zero-order valence-electron chi connectivity index (χ0n) is 10.7. The zero-order chi connectivity index (χ0) is 13.7. The fraction of sp³-hybridized carbons (Fsp3) is 0.583. The van der Waals surface area contributed by atoms with Crippen LogP contribution >= 0.6 is 11.3 Å². The molecule has 18 heavy (non-hydrogen) atoms. The van der Waals surface area contributed by atoms with Gasteiger partial charge in [-0.3, -0.25) is 0 Å². The Morgan fingerprint density at radius 1 is 1.44 bits per heavy atom. The Hall–Kier alpha value is -1.43. The maximum atomic E-state index is 11.5. The Morgan fingerprint density at radius 3 is 2.61 bits per heavy atom. The average Bonchev–Trinajstić information content (AvgIpc) is 2.74. The Bertz CT molecular complexity index is 441. The number of esters is 1. The fourth-order valence-corrected chi connectivity index (χ4v) is 2.70. The van der Waals surface area contributed by atoms with Crippen LogP contribution < -0.4 is 0 Å². The molecule has 1 heterocycles. The van der Waals surface area contributed by atoms with Crippen LogP contribution in [-0.4, -0.2) is 28.6 Å². The third kappa shape index (κ3) is 3.29. The summed E-state index contributed by atoms with van der Waals surface area (Å²) in [7, 11) is 0. The van der Waals surface area contributed by atoms with Gasteiger partial charge in [0.2, 0.25) is 5.01 Å². The molecule has 0 saturated carbocycles. The first-order valence-corrected chi connectivity index (χ1v) is 6.74. The van der Waals surface area contributed by atoms with E-state index in [1.165, 1.54) is 0 Å². The number of carboxylic acids is 1. The molecule has 0 saturated heterocycles. The van der Waals surface area contributed by atoms with Gasteiger partial charge in [-0.25, -0.2) is 14.6 Å². The number of aromatic carboxylic acids is 1. The van der Waals surface area contributed by atoms with Crippen LogP contribution in [0.25, 0.3) is 0 Å². The molecular weight excluding hydrogens is 254 g/mol. The van der Waals surface area contributed by atoms with Crippen LogP contribution in [0.15, 0.2) is 0 Å². The number of carbonyl (C=O) groups excluding carboxylic acids is 1. The van der Waals surface area contributed by atoms with Crippen molar-refractivity contribution in [2.75, 3.05) is 6.61 Å². The Kier molecular flexibility index (Phi) is 5.27. The van der Waals surface area contributed by atoms with Crippen LogP contribution in [-0.2, 0) is 4.74 Å². The summed E-state index contributed by atoms with van der Waals surface area (Å²) in [4.78, 5) is 27.2. The van der Waals surface area contributed by atoms with Gasteiger partial charge in [-0.15, -0.1) is 11.3 Å². The molecule has 1 aromatic heterocycles. The number of ether oxygens (including phenoxy) is 1. The van der Waals surface area contributed by atoms with Gasteiger partial charge >= 0.3 is 11.9 Å². The van der Waals surface area contributed by atoms with E-state index >= 15 is 0 Å². The molecule has 0 aromatic carbocycles. The molecule has 0 spiro atoms. The minimum Gasteiger partial charge on any atom is -0.476 e. The van der Waals surface area contributed by atoms with Gasteiger partial charge in [0.05, 0.1) is 6.61 Å². The van der Waals surface area contributed by atoms with Crippen molar-refractivity contribution >= 4 is 23.3 Å². The number of hydrogen-bond acceptors (Lipinski definition) is 5. The summed E-state index contributed by atoms with van der Waals surface area (Å²) in [6.45, 7) is 5.92. The van der Waals surface area contributed by atoms with Crippen LogP contribution in [0.1, 0.15) is 64.7 Å². The predicted octanol–water partition coefficient (Wildman–Crippen LogP) is 2.92. The van der Waals surface area contributed by atoms with Gasteiger partial charge in [-0.2, -0.15) is 0 Å². The number of thiazole rings is 1. The molecule has 0 aliphatic rings. The van der Waals surface area contributed by atoms with E-state index in [2.05, 4.69) is 4.98 Å². The van der Waals surface area contributed by atoms with Crippen molar-refractivity contribution in [3.8, 4) is 0 Å². The normalized spacial score (nSPS) is 12.2. The second kappa shape index (κ2) is 6.49. The number of carbonyl (C=O) groups is 2. The molecule has 0 aliphatic heterocycles. The monoisotopic (exact) mass is 271 g/mol. The minimum atomic E-state index is -1.10. The smallest absolute Gasteiger partial charge is 0.367 e. The summed E-state index contributed by atoms with van der Waals surface area (Å²) in [5.74, 6) is -1.57. The largest absolute Gasteiger partial charge is 0.476 e. The molecular formula is C12H17NO4S. The van der Waals surface area contributed by atoms with Gasteiger partial charge in [0.15, 0.2) is 5.69 Å². The van der Waals surface area contributed by atoms with E-state index in [9.17, 15) is 9.59 Å². The van der Waals surface area contributed by atoms with Crippen LogP contribution in [0.4, 0.5) is 0 Å². The highest BCUT2D eigenvalue weighted by Gasteiger charge is 2.24. The van der Waals surface area contributed by atoms with Crippen LogP contribution in [0.3, 0.4) is 0 Å². The molecule has 1 rings (SSSR count). The lowest BCUT2D eigenvalue weighted by Gasteiger charge is -2.07. The van der Waals surface area contributed by atoms with Crippen molar-refractivity contribution in [1.29, 1.82) is 0 Å².